The van der Waals surface area contributed by atoms with Crippen LogP contribution in [0.3, 0.4) is 0 Å². The predicted octanol–water partition coefficient (Wildman–Crippen LogP) is 0.872. The van der Waals surface area contributed by atoms with E-state index < -0.39 is 9.84 Å². The minimum Gasteiger partial charge on any atom is -0.330 e. The first-order chi connectivity index (χ1) is 7.97. The highest BCUT2D eigenvalue weighted by Crippen LogP contribution is 2.26. The average Bonchev–Trinajstić information content (AvgIpc) is 2.48. The van der Waals surface area contributed by atoms with E-state index >= 15 is 0 Å². The molecule has 0 unspecified atom stereocenters. The number of hydrogen-bond acceptors (Lipinski definition) is 4. The Morgan fingerprint density at radius 3 is 2.35 bits per heavy atom. The zero-order valence-electron chi connectivity index (χ0n) is 11.1. The van der Waals surface area contributed by atoms with Gasteiger partial charge in [-0.05, 0) is 37.8 Å². The molecule has 0 bridgehead atoms. The number of sulfone groups is 1. The highest BCUT2D eigenvalue weighted by molar-refractivity contribution is 7.91. The van der Waals surface area contributed by atoms with Crippen LogP contribution in [-0.2, 0) is 9.84 Å². The van der Waals surface area contributed by atoms with E-state index in [1.807, 2.05) is 0 Å². The first-order valence-electron chi connectivity index (χ1n) is 6.60. The summed E-state index contributed by atoms with van der Waals surface area (Å²) in [7, 11) is -2.80. The largest absolute Gasteiger partial charge is 0.330 e. The van der Waals surface area contributed by atoms with Crippen LogP contribution in [0.25, 0.3) is 0 Å². The van der Waals surface area contributed by atoms with Crippen molar-refractivity contribution in [1.29, 1.82) is 0 Å². The van der Waals surface area contributed by atoms with Crippen molar-refractivity contribution in [2.45, 2.75) is 33.1 Å². The lowest BCUT2D eigenvalue weighted by molar-refractivity contribution is 0.151. The molecule has 1 saturated heterocycles. The Labute approximate surface area is 105 Å². The van der Waals surface area contributed by atoms with Gasteiger partial charge in [0, 0.05) is 13.1 Å². The van der Waals surface area contributed by atoms with Gasteiger partial charge in [-0.25, -0.2) is 8.42 Å². The van der Waals surface area contributed by atoms with Crippen molar-refractivity contribution in [3.8, 4) is 0 Å². The van der Waals surface area contributed by atoms with E-state index in [0.717, 1.165) is 32.4 Å². The minimum atomic E-state index is -2.80. The molecule has 1 aliphatic heterocycles. The van der Waals surface area contributed by atoms with Crippen LogP contribution in [0.15, 0.2) is 0 Å². The molecule has 0 radical (unpaired) electrons. The molecule has 1 aliphatic rings. The van der Waals surface area contributed by atoms with Crippen molar-refractivity contribution in [3.63, 3.8) is 0 Å². The molecule has 0 spiro atoms. The second-order valence-electron chi connectivity index (χ2n) is 5.19. The fourth-order valence-corrected chi connectivity index (χ4v) is 3.76. The third-order valence-electron chi connectivity index (χ3n) is 4.14. The van der Waals surface area contributed by atoms with Crippen LogP contribution in [0.2, 0.25) is 0 Å². The molecule has 1 heterocycles. The Balaban J connectivity index is 2.62. The van der Waals surface area contributed by atoms with Crippen LogP contribution in [-0.4, -0.2) is 51.0 Å². The minimum absolute atomic E-state index is 0.161. The topological polar surface area (TPSA) is 63.4 Å². The molecule has 4 nitrogen and oxygen atoms in total. The van der Waals surface area contributed by atoms with Crippen molar-refractivity contribution in [1.82, 2.24) is 4.90 Å². The van der Waals surface area contributed by atoms with Crippen LogP contribution in [0, 0.1) is 5.41 Å². The van der Waals surface area contributed by atoms with Crippen molar-refractivity contribution in [2.75, 3.05) is 37.7 Å². The summed E-state index contributed by atoms with van der Waals surface area (Å²) in [5.41, 5.74) is 6.05. The molecule has 0 amide bonds. The summed E-state index contributed by atoms with van der Waals surface area (Å²) in [4.78, 5) is 2.28. The van der Waals surface area contributed by atoms with Crippen LogP contribution in [0.1, 0.15) is 33.1 Å². The van der Waals surface area contributed by atoms with E-state index in [1.165, 1.54) is 0 Å². The zero-order valence-corrected chi connectivity index (χ0v) is 11.9. The van der Waals surface area contributed by atoms with Gasteiger partial charge in [-0.3, -0.25) is 0 Å². The summed E-state index contributed by atoms with van der Waals surface area (Å²) in [6.45, 7) is 7.52. The van der Waals surface area contributed by atoms with E-state index in [0.29, 0.717) is 24.6 Å². The van der Waals surface area contributed by atoms with Gasteiger partial charge in [0.2, 0.25) is 0 Å². The van der Waals surface area contributed by atoms with Gasteiger partial charge in [0.1, 0.15) is 0 Å². The fourth-order valence-electron chi connectivity index (χ4n) is 2.45. The lowest BCUT2D eigenvalue weighted by Crippen LogP contribution is -2.43. The van der Waals surface area contributed by atoms with Gasteiger partial charge in [-0.15, -0.1) is 0 Å². The smallest absolute Gasteiger partial charge is 0.151 e. The molecule has 5 heteroatoms. The Morgan fingerprint density at radius 2 is 1.82 bits per heavy atom. The number of nitrogens with two attached hydrogens (primary N) is 1. The maximum Gasteiger partial charge on any atom is 0.151 e. The summed E-state index contributed by atoms with van der Waals surface area (Å²) >= 11 is 0. The van der Waals surface area contributed by atoms with Crippen LogP contribution < -0.4 is 5.73 Å². The van der Waals surface area contributed by atoms with Crippen molar-refractivity contribution >= 4 is 9.84 Å². The van der Waals surface area contributed by atoms with E-state index in [4.69, 9.17) is 5.73 Å². The van der Waals surface area contributed by atoms with Gasteiger partial charge in [-0.1, -0.05) is 13.8 Å². The third kappa shape index (κ3) is 4.23. The molecule has 0 aromatic heterocycles. The molecule has 0 aromatic carbocycles. The van der Waals surface area contributed by atoms with Gasteiger partial charge in [0.05, 0.1) is 11.5 Å². The van der Waals surface area contributed by atoms with E-state index in [9.17, 15) is 8.42 Å². The maximum atomic E-state index is 11.5. The summed E-state index contributed by atoms with van der Waals surface area (Å²) in [6.07, 6.45) is 2.88. The summed E-state index contributed by atoms with van der Waals surface area (Å²) in [5, 5.41) is 0. The molecule has 1 rings (SSSR count). The van der Waals surface area contributed by atoms with Crippen molar-refractivity contribution in [3.05, 3.63) is 0 Å². The first kappa shape index (κ1) is 14.9. The number of nitrogens with zero attached hydrogens (tertiary/aromatic N) is 1. The molecule has 102 valence electrons. The van der Waals surface area contributed by atoms with Gasteiger partial charge in [-0.2, -0.15) is 0 Å². The molecular weight excluding hydrogens is 236 g/mol. The van der Waals surface area contributed by atoms with E-state index in [1.54, 1.807) is 0 Å². The zero-order chi connectivity index (χ0) is 12.9. The summed E-state index contributed by atoms with van der Waals surface area (Å²) < 4.78 is 23.1. The standard InChI is InChI=1S/C12H26N2O2S/c1-3-12(4-2,10-13)11-14-6-5-8-17(15,16)9-7-14/h3-11,13H2,1-2H3. The van der Waals surface area contributed by atoms with Gasteiger partial charge in [0.15, 0.2) is 9.84 Å². The SMILES string of the molecule is CCC(CC)(CN)CN1CCCS(=O)(=O)CC1. The van der Waals surface area contributed by atoms with E-state index in [-0.39, 0.29) is 5.41 Å². The second kappa shape index (κ2) is 6.16. The van der Waals surface area contributed by atoms with Crippen molar-refractivity contribution in [2.24, 2.45) is 11.1 Å². The molecule has 2 N–H and O–H groups in total. The lowest BCUT2D eigenvalue weighted by Gasteiger charge is -2.35. The maximum absolute atomic E-state index is 11.5. The van der Waals surface area contributed by atoms with Crippen LogP contribution in [0.5, 0.6) is 0 Å². The highest BCUT2D eigenvalue weighted by Gasteiger charge is 2.29. The first-order valence-corrected chi connectivity index (χ1v) is 8.42. The Morgan fingerprint density at radius 1 is 1.18 bits per heavy atom. The molecule has 17 heavy (non-hydrogen) atoms. The highest BCUT2D eigenvalue weighted by atomic mass is 32.2. The molecule has 1 fully saturated rings. The molecule has 0 aliphatic carbocycles. The van der Waals surface area contributed by atoms with Crippen LogP contribution >= 0.6 is 0 Å². The molecular formula is C12H26N2O2S. The molecule has 0 aromatic rings. The predicted molar refractivity (Wildman–Crippen MR) is 71.8 cm³/mol. The lowest BCUT2D eigenvalue weighted by atomic mass is 9.82. The number of rotatable bonds is 5. The Bertz CT molecular complexity index is 315. The van der Waals surface area contributed by atoms with Gasteiger partial charge < -0.3 is 10.6 Å². The van der Waals surface area contributed by atoms with Gasteiger partial charge >= 0.3 is 0 Å². The summed E-state index contributed by atoms with van der Waals surface area (Å²) in [6, 6.07) is 0. The number of hydrogen-bond donors (Lipinski definition) is 1. The second-order valence-corrected chi connectivity index (χ2v) is 7.50. The normalized spacial score (nSPS) is 22.3. The quantitative estimate of drug-likeness (QED) is 0.798. The molecule has 0 atom stereocenters. The summed E-state index contributed by atoms with van der Waals surface area (Å²) in [5.74, 6) is 0.651. The monoisotopic (exact) mass is 262 g/mol. The molecule has 0 saturated carbocycles. The average molecular weight is 262 g/mol. The van der Waals surface area contributed by atoms with Crippen LogP contribution in [0.4, 0.5) is 0 Å². The van der Waals surface area contributed by atoms with Gasteiger partial charge in [0.25, 0.3) is 0 Å². The van der Waals surface area contributed by atoms with E-state index in [2.05, 4.69) is 18.7 Å². The Hall–Kier alpha value is -0.130. The Kier molecular flexibility index (Phi) is 5.41. The fraction of sp³-hybridized carbons (Fsp3) is 1.00. The van der Waals surface area contributed by atoms with Crippen molar-refractivity contribution < 1.29 is 8.42 Å². The third-order valence-corrected chi connectivity index (χ3v) is 5.86.